The molecule has 0 fully saturated rings. The van der Waals surface area contributed by atoms with Crippen molar-refractivity contribution in [1.29, 1.82) is 0 Å². The highest BCUT2D eigenvalue weighted by Crippen LogP contribution is 2.41. The number of thiazole rings is 1. The summed E-state index contributed by atoms with van der Waals surface area (Å²) in [4.78, 5) is 23.0. The molecule has 39 heavy (non-hydrogen) atoms. The normalized spacial score (nSPS) is 12.3. The van der Waals surface area contributed by atoms with E-state index in [4.69, 9.17) is 28.7 Å². The van der Waals surface area contributed by atoms with Crippen molar-refractivity contribution in [2.75, 3.05) is 64.1 Å². The van der Waals surface area contributed by atoms with Crippen molar-refractivity contribution in [2.45, 2.75) is 34.6 Å². The van der Waals surface area contributed by atoms with Crippen LogP contribution in [-0.4, -0.2) is 75.0 Å². The molecule has 214 valence electrons. The summed E-state index contributed by atoms with van der Waals surface area (Å²) in [6.07, 6.45) is 0. The van der Waals surface area contributed by atoms with E-state index in [2.05, 4.69) is 18.7 Å². The molecule has 0 N–H and O–H groups in total. The average Bonchev–Trinajstić information content (AvgIpc) is 3.33. The van der Waals surface area contributed by atoms with Crippen molar-refractivity contribution in [1.82, 2.24) is 9.88 Å². The Bertz CT molecular complexity index is 1180. The van der Waals surface area contributed by atoms with Crippen molar-refractivity contribution in [3.8, 4) is 28.7 Å². The molecule has 0 saturated carbocycles. The van der Waals surface area contributed by atoms with Crippen LogP contribution in [-0.2, 0) is 0 Å². The number of ether oxygens (including phenoxy) is 5. The SMILES string of the molecule is CCOc1cc(C(=O)N(CCN(CC)CC)c2nc3cc4c(cc3s2)OCCO4)cc(OCC)c1OCC.Cl. The third kappa shape index (κ3) is 6.98. The Labute approximate surface area is 240 Å². The van der Waals surface area contributed by atoms with Crippen LogP contribution in [0.1, 0.15) is 45.0 Å². The molecule has 0 unspecified atom stereocenters. The summed E-state index contributed by atoms with van der Waals surface area (Å²) >= 11 is 1.46. The van der Waals surface area contributed by atoms with Gasteiger partial charge in [0.25, 0.3) is 5.91 Å². The van der Waals surface area contributed by atoms with Gasteiger partial charge in [-0.3, -0.25) is 9.69 Å². The van der Waals surface area contributed by atoms with Crippen LogP contribution in [0, 0.1) is 0 Å². The van der Waals surface area contributed by atoms with Gasteiger partial charge in [0.15, 0.2) is 28.1 Å². The molecular weight excluding hydrogens is 542 g/mol. The first-order valence-electron chi connectivity index (χ1n) is 13.3. The molecule has 9 nitrogen and oxygen atoms in total. The van der Waals surface area contributed by atoms with E-state index < -0.39 is 0 Å². The van der Waals surface area contributed by atoms with Gasteiger partial charge in [-0.1, -0.05) is 25.2 Å². The zero-order valence-corrected chi connectivity index (χ0v) is 24.9. The second kappa shape index (κ2) is 14.4. The third-order valence-electron chi connectivity index (χ3n) is 6.21. The lowest BCUT2D eigenvalue weighted by Gasteiger charge is -2.25. The number of benzene rings is 2. The van der Waals surface area contributed by atoms with E-state index in [1.807, 2.05) is 32.9 Å². The molecule has 0 bridgehead atoms. The van der Waals surface area contributed by atoms with Gasteiger partial charge in [0.05, 0.1) is 30.0 Å². The van der Waals surface area contributed by atoms with E-state index in [1.165, 1.54) is 11.3 Å². The Morgan fingerprint density at radius 1 is 0.872 bits per heavy atom. The molecule has 0 saturated heterocycles. The number of anilines is 1. The van der Waals surface area contributed by atoms with Crippen molar-refractivity contribution in [2.24, 2.45) is 0 Å². The van der Waals surface area contributed by atoms with Gasteiger partial charge in [0, 0.05) is 30.8 Å². The molecular formula is C28H38ClN3O6S. The summed E-state index contributed by atoms with van der Waals surface area (Å²) in [6.45, 7) is 15.3. The number of carbonyl (C=O) groups is 1. The number of hydrogen-bond donors (Lipinski definition) is 0. The number of hydrogen-bond acceptors (Lipinski definition) is 9. The summed E-state index contributed by atoms with van der Waals surface area (Å²) in [5.74, 6) is 2.67. The van der Waals surface area contributed by atoms with Crippen molar-refractivity contribution in [3.05, 3.63) is 29.8 Å². The smallest absolute Gasteiger partial charge is 0.260 e. The largest absolute Gasteiger partial charge is 0.490 e. The van der Waals surface area contributed by atoms with E-state index in [-0.39, 0.29) is 18.3 Å². The predicted molar refractivity (Wildman–Crippen MR) is 157 cm³/mol. The highest BCUT2D eigenvalue weighted by Gasteiger charge is 2.26. The molecule has 0 radical (unpaired) electrons. The van der Waals surface area contributed by atoms with Crippen LogP contribution in [0.25, 0.3) is 10.2 Å². The number of aromatic nitrogens is 1. The Morgan fingerprint density at radius 2 is 1.46 bits per heavy atom. The maximum Gasteiger partial charge on any atom is 0.260 e. The molecule has 0 spiro atoms. The fourth-order valence-electron chi connectivity index (χ4n) is 4.30. The van der Waals surface area contributed by atoms with E-state index in [1.54, 1.807) is 17.0 Å². The van der Waals surface area contributed by atoms with E-state index in [0.717, 1.165) is 23.3 Å². The third-order valence-corrected chi connectivity index (χ3v) is 7.25. The number of amides is 1. The summed E-state index contributed by atoms with van der Waals surface area (Å²) in [7, 11) is 0. The molecule has 1 aromatic heterocycles. The van der Waals surface area contributed by atoms with Crippen LogP contribution >= 0.6 is 23.7 Å². The van der Waals surface area contributed by atoms with Crippen LogP contribution in [0.5, 0.6) is 28.7 Å². The molecule has 1 aliphatic heterocycles. The Hall–Kier alpha value is -2.95. The van der Waals surface area contributed by atoms with Crippen LogP contribution in [0.3, 0.4) is 0 Å². The number of halogens is 1. The van der Waals surface area contributed by atoms with Gasteiger partial charge < -0.3 is 28.6 Å². The maximum absolute atomic E-state index is 14.1. The van der Waals surface area contributed by atoms with E-state index >= 15 is 0 Å². The zero-order chi connectivity index (χ0) is 27.1. The first-order valence-corrected chi connectivity index (χ1v) is 14.1. The minimum atomic E-state index is -0.182. The van der Waals surface area contributed by atoms with Crippen LogP contribution < -0.4 is 28.6 Å². The van der Waals surface area contributed by atoms with Gasteiger partial charge in [-0.25, -0.2) is 4.98 Å². The van der Waals surface area contributed by atoms with Crippen LogP contribution in [0.4, 0.5) is 5.13 Å². The molecule has 0 atom stereocenters. The Kier molecular flexibility index (Phi) is 11.3. The van der Waals surface area contributed by atoms with Crippen molar-refractivity contribution in [3.63, 3.8) is 0 Å². The fraction of sp³-hybridized carbons (Fsp3) is 0.500. The minimum absolute atomic E-state index is 0. The average molecular weight is 580 g/mol. The number of fused-ring (bicyclic) bond motifs is 2. The monoisotopic (exact) mass is 579 g/mol. The molecule has 3 aromatic rings. The van der Waals surface area contributed by atoms with E-state index in [0.29, 0.717) is 85.6 Å². The van der Waals surface area contributed by atoms with Gasteiger partial charge in [-0.15, -0.1) is 12.4 Å². The van der Waals surface area contributed by atoms with Gasteiger partial charge in [-0.05, 0) is 46.0 Å². The van der Waals surface area contributed by atoms with Gasteiger partial charge in [-0.2, -0.15) is 0 Å². The summed E-state index contributed by atoms with van der Waals surface area (Å²) in [5, 5.41) is 0.615. The number of nitrogens with zero attached hydrogens (tertiary/aromatic N) is 3. The molecule has 1 aliphatic rings. The Balaban J connectivity index is 0.00000420. The lowest BCUT2D eigenvalue weighted by atomic mass is 10.1. The summed E-state index contributed by atoms with van der Waals surface area (Å²) in [5.41, 5.74) is 1.22. The predicted octanol–water partition coefficient (Wildman–Crippen LogP) is 5.67. The number of likely N-dealkylation sites (N-methyl/N-ethyl adjacent to an activating group) is 1. The summed E-state index contributed by atoms with van der Waals surface area (Å²) < 4.78 is 30.0. The van der Waals surface area contributed by atoms with Gasteiger partial charge >= 0.3 is 0 Å². The standard InChI is InChI=1S/C28H37N3O6S.ClH/c1-6-30(7-2)11-12-31(28-29-20-17-21-22(18-25(20)38-28)37-14-13-36-21)27(32)19-15-23(33-8-3)26(35-10-5)24(16-19)34-9-4;/h15-18H,6-14H2,1-5H3;1H. The first-order chi connectivity index (χ1) is 18.5. The lowest BCUT2D eigenvalue weighted by Crippen LogP contribution is -2.38. The summed E-state index contributed by atoms with van der Waals surface area (Å²) in [6, 6.07) is 7.29. The molecule has 11 heteroatoms. The first kappa shape index (κ1) is 30.6. The van der Waals surface area contributed by atoms with Gasteiger partial charge in [0.1, 0.15) is 13.2 Å². The molecule has 4 rings (SSSR count). The lowest BCUT2D eigenvalue weighted by molar-refractivity contribution is 0.0982. The van der Waals surface area contributed by atoms with Gasteiger partial charge in [0.2, 0.25) is 5.75 Å². The maximum atomic E-state index is 14.1. The minimum Gasteiger partial charge on any atom is -0.490 e. The second-order valence-electron chi connectivity index (χ2n) is 8.54. The Morgan fingerprint density at radius 3 is 2.03 bits per heavy atom. The highest BCUT2D eigenvalue weighted by molar-refractivity contribution is 7.22. The van der Waals surface area contributed by atoms with Crippen LogP contribution in [0.2, 0.25) is 0 Å². The molecule has 0 aliphatic carbocycles. The van der Waals surface area contributed by atoms with Crippen molar-refractivity contribution >= 4 is 45.0 Å². The van der Waals surface area contributed by atoms with Crippen molar-refractivity contribution < 1.29 is 28.5 Å². The zero-order valence-electron chi connectivity index (χ0n) is 23.3. The fourth-order valence-corrected chi connectivity index (χ4v) is 5.30. The number of carbonyl (C=O) groups excluding carboxylic acids is 1. The van der Waals surface area contributed by atoms with E-state index in [9.17, 15) is 4.79 Å². The topological polar surface area (TPSA) is 82.6 Å². The molecule has 2 aromatic carbocycles. The quantitative estimate of drug-likeness (QED) is 0.256. The highest BCUT2D eigenvalue weighted by atomic mass is 35.5. The second-order valence-corrected chi connectivity index (χ2v) is 9.55. The molecule has 1 amide bonds. The molecule has 2 heterocycles. The van der Waals surface area contributed by atoms with Crippen LogP contribution in [0.15, 0.2) is 24.3 Å². The number of rotatable bonds is 13.